The number of rotatable bonds is 7. The number of aliphatic imine (C=N–C) groups is 1. The molecule has 7 heteroatoms. The molecule has 1 rings (SSSR count). The number of guanidine groups is 1. The van der Waals surface area contributed by atoms with E-state index in [1.54, 1.807) is 7.05 Å². The third-order valence-corrected chi connectivity index (χ3v) is 4.60. The lowest BCUT2D eigenvalue weighted by atomic mass is 9.93. The van der Waals surface area contributed by atoms with Crippen LogP contribution in [0.15, 0.2) is 4.99 Å². The molecule has 1 amide bonds. The summed E-state index contributed by atoms with van der Waals surface area (Å²) >= 11 is 0. The molecule has 1 saturated heterocycles. The van der Waals surface area contributed by atoms with Crippen molar-refractivity contribution in [3.63, 3.8) is 0 Å². The molecule has 0 atom stereocenters. The van der Waals surface area contributed by atoms with Gasteiger partial charge in [-0.2, -0.15) is 0 Å². The Morgan fingerprint density at radius 1 is 1.33 bits per heavy atom. The van der Waals surface area contributed by atoms with Gasteiger partial charge in [-0.15, -0.1) is 24.0 Å². The van der Waals surface area contributed by atoms with Gasteiger partial charge in [0.05, 0.1) is 6.54 Å². The molecule has 0 spiro atoms. The predicted octanol–water partition coefficient (Wildman–Crippen LogP) is 1.76. The number of hydrogen-bond donors (Lipinski definition) is 2. The Bertz CT molecular complexity index is 381. The van der Waals surface area contributed by atoms with E-state index in [2.05, 4.69) is 48.3 Å². The summed E-state index contributed by atoms with van der Waals surface area (Å²) in [6.45, 7) is 11.1. The maximum absolute atomic E-state index is 11.5. The molecule has 1 heterocycles. The molecule has 6 nitrogen and oxygen atoms in total. The van der Waals surface area contributed by atoms with Crippen molar-refractivity contribution < 1.29 is 4.79 Å². The Balaban J connectivity index is 0.00000529. The summed E-state index contributed by atoms with van der Waals surface area (Å²) in [6, 6.07) is 0.549. The SMILES string of the molecule is CCNC(=NCCN(C)C(C)C)N1CCC(CC(=O)NC)CC1.I. The molecule has 0 aromatic heterocycles. The van der Waals surface area contributed by atoms with Gasteiger partial charge in [0.2, 0.25) is 5.91 Å². The van der Waals surface area contributed by atoms with E-state index in [1.807, 2.05) is 0 Å². The van der Waals surface area contributed by atoms with Gasteiger partial charge in [0.1, 0.15) is 0 Å². The van der Waals surface area contributed by atoms with Crippen LogP contribution in [0.25, 0.3) is 0 Å². The number of carbonyl (C=O) groups excluding carboxylic acids is 1. The zero-order valence-electron chi connectivity index (χ0n) is 16.0. The van der Waals surface area contributed by atoms with E-state index in [9.17, 15) is 4.79 Å². The molecule has 24 heavy (non-hydrogen) atoms. The first kappa shape index (κ1) is 23.4. The maximum atomic E-state index is 11.5. The summed E-state index contributed by atoms with van der Waals surface area (Å²) in [4.78, 5) is 20.9. The van der Waals surface area contributed by atoms with E-state index in [0.717, 1.165) is 51.5 Å². The van der Waals surface area contributed by atoms with E-state index in [0.29, 0.717) is 18.4 Å². The lowest BCUT2D eigenvalue weighted by Gasteiger charge is -2.34. The minimum Gasteiger partial charge on any atom is -0.359 e. The van der Waals surface area contributed by atoms with Crippen molar-refractivity contribution in [3.05, 3.63) is 0 Å². The zero-order chi connectivity index (χ0) is 17.2. The monoisotopic (exact) mass is 453 g/mol. The molecule has 1 fully saturated rings. The van der Waals surface area contributed by atoms with Crippen LogP contribution in [-0.2, 0) is 4.79 Å². The van der Waals surface area contributed by atoms with Crippen LogP contribution in [0.2, 0.25) is 0 Å². The summed E-state index contributed by atoms with van der Waals surface area (Å²) in [5.74, 6) is 1.67. The Labute approximate surface area is 164 Å². The third-order valence-electron chi connectivity index (χ3n) is 4.60. The lowest BCUT2D eigenvalue weighted by Crippen LogP contribution is -2.46. The van der Waals surface area contributed by atoms with Crippen molar-refractivity contribution in [3.8, 4) is 0 Å². The van der Waals surface area contributed by atoms with Crippen molar-refractivity contribution >= 4 is 35.8 Å². The smallest absolute Gasteiger partial charge is 0.220 e. The van der Waals surface area contributed by atoms with Gasteiger partial charge < -0.3 is 20.4 Å². The normalized spacial score (nSPS) is 16.3. The van der Waals surface area contributed by atoms with E-state index >= 15 is 0 Å². The molecule has 0 saturated carbocycles. The molecule has 0 unspecified atom stereocenters. The van der Waals surface area contributed by atoms with Crippen molar-refractivity contribution in [1.82, 2.24) is 20.4 Å². The molecular weight excluding hydrogens is 417 g/mol. The van der Waals surface area contributed by atoms with Crippen molar-refractivity contribution in [2.24, 2.45) is 10.9 Å². The molecule has 1 aliphatic heterocycles. The van der Waals surface area contributed by atoms with Gasteiger partial charge in [0.25, 0.3) is 0 Å². The van der Waals surface area contributed by atoms with E-state index in [-0.39, 0.29) is 29.9 Å². The number of nitrogens with one attached hydrogen (secondary N) is 2. The van der Waals surface area contributed by atoms with E-state index in [1.165, 1.54) is 0 Å². The lowest BCUT2D eigenvalue weighted by molar-refractivity contribution is -0.121. The molecular formula is C17H36IN5O. The Morgan fingerprint density at radius 2 is 1.96 bits per heavy atom. The zero-order valence-corrected chi connectivity index (χ0v) is 18.3. The molecule has 0 aromatic rings. The molecule has 0 radical (unpaired) electrons. The fraction of sp³-hybridized carbons (Fsp3) is 0.882. The Hall–Kier alpha value is -0.570. The van der Waals surface area contributed by atoms with Crippen molar-refractivity contribution in [2.45, 2.75) is 46.1 Å². The average molecular weight is 453 g/mol. The highest BCUT2D eigenvalue weighted by Crippen LogP contribution is 2.20. The van der Waals surface area contributed by atoms with Crippen LogP contribution < -0.4 is 10.6 Å². The second-order valence-electron chi connectivity index (χ2n) is 6.62. The van der Waals surface area contributed by atoms with Crippen molar-refractivity contribution in [1.29, 1.82) is 0 Å². The fourth-order valence-electron chi connectivity index (χ4n) is 2.71. The Morgan fingerprint density at radius 3 is 2.46 bits per heavy atom. The first-order valence-corrected chi connectivity index (χ1v) is 8.92. The van der Waals surface area contributed by atoms with Crippen molar-refractivity contribution in [2.75, 3.05) is 46.8 Å². The number of halogens is 1. The van der Waals surface area contributed by atoms with E-state index in [4.69, 9.17) is 4.99 Å². The summed E-state index contributed by atoms with van der Waals surface area (Å²) in [5, 5.41) is 6.12. The van der Waals surface area contributed by atoms with Gasteiger partial charge in [-0.05, 0) is 46.6 Å². The number of amides is 1. The predicted molar refractivity (Wildman–Crippen MR) is 112 cm³/mol. The van der Waals surface area contributed by atoms with Crippen LogP contribution in [0.1, 0.15) is 40.0 Å². The molecule has 142 valence electrons. The van der Waals surface area contributed by atoms with Crippen LogP contribution in [0.5, 0.6) is 0 Å². The number of nitrogens with zero attached hydrogens (tertiary/aromatic N) is 3. The number of likely N-dealkylation sites (tertiary alicyclic amines) is 1. The second-order valence-corrected chi connectivity index (χ2v) is 6.62. The summed E-state index contributed by atoms with van der Waals surface area (Å²) in [5.41, 5.74) is 0. The quantitative estimate of drug-likeness (QED) is 0.351. The highest BCUT2D eigenvalue weighted by Gasteiger charge is 2.23. The van der Waals surface area contributed by atoms with Gasteiger partial charge >= 0.3 is 0 Å². The first-order valence-electron chi connectivity index (χ1n) is 8.92. The minimum atomic E-state index is 0. The van der Waals surface area contributed by atoms with E-state index < -0.39 is 0 Å². The molecule has 0 aromatic carbocycles. The molecule has 0 bridgehead atoms. The number of carbonyl (C=O) groups is 1. The van der Waals surface area contributed by atoms with Gasteiger partial charge in [0.15, 0.2) is 5.96 Å². The molecule has 2 N–H and O–H groups in total. The minimum absolute atomic E-state index is 0. The van der Waals surface area contributed by atoms with Crippen LogP contribution in [-0.4, -0.2) is 74.5 Å². The maximum Gasteiger partial charge on any atom is 0.220 e. The van der Waals surface area contributed by atoms with Crippen LogP contribution >= 0.6 is 24.0 Å². The average Bonchev–Trinajstić information content (AvgIpc) is 2.54. The summed E-state index contributed by atoms with van der Waals surface area (Å²) in [7, 11) is 3.85. The molecule has 1 aliphatic rings. The second kappa shape index (κ2) is 12.7. The fourth-order valence-corrected chi connectivity index (χ4v) is 2.71. The molecule has 0 aliphatic carbocycles. The standard InChI is InChI=1S/C17H35N5O.HI/c1-6-19-17(20-9-12-21(5)14(2)3)22-10-7-15(8-11-22)13-16(23)18-4;/h14-15H,6-13H2,1-5H3,(H,18,23)(H,19,20);1H. The number of likely N-dealkylation sites (N-methyl/N-ethyl adjacent to an activating group) is 1. The van der Waals surface area contributed by atoms with Gasteiger partial charge in [-0.25, -0.2) is 0 Å². The Kier molecular flexibility index (Phi) is 12.4. The van der Waals surface area contributed by atoms with Gasteiger partial charge in [-0.1, -0.05) is 0 Å². The third kappa shape index (κ3) is 8.50. The summed E-state index contributed by atoms with van der Waals surface area (Å²) in [6.07, 6.45) is 2.77. The highest BCUT2D eigenvalue weighted by molar-refractivity contribution is 14.0. The summed E-state index contributed by atoms with van der Waals surface area (Å²) < 4.78 is 0. The van der Waals surface area contributed by atoms with Crippen LogP contribution in [0.3, 0.4) is 0 Å². The van der Waals surface area contributed by atoms with Gasteiger partial charge in [0, 0.05) is 45.7 Å². The van der Waals surface area contributed by atoms with Gasteiger partial charge in [-0.3, -0.25) is 9.79 Å². The van der Waals surface area contributed by atoms with Crippen LogP contribution in [0, 0.1) is 5.92 Å². The number of hydrogen-bond acceptors (Lipinski definition) is 3. The first-order chi connectivity index (χ1) is 11.0. The van der Waals surface area contributed by atoms with Crippen LogP contribution in [0.4, 0.5) is 0 Å². The largest absolute Gasteiger partial charge is 0.359 e. The highest BCUT2D eigenvalue weighted by atomic mass is 127. The number of piperidine rings is 1. The topological polar surface area (TPSA) is 60.0 Å².